The van der Waals surface area contributed by atoms with Crippen LogP contribution in [0.15, 0.2) is 48.7 Å². The average molecular weight is 481 g/mol. The van der Waals surface area contributed by atoms with Crippen LogP contribution in [0.4, 0.5) is 5.69 Å². The Morgan fingerprint density at radius 3 is 2.40 bits per heavy atom. The van der Waals surface area contributed by atoms with E-state index in [1.54, 1.807) is 6.20 Å². The molecule has 7 nitrogen and oxygen atoms in total. The van der Waals surface area contributed by atoms with Crippen LogP contribution in [-0.2, 0) is 16.2 Å². The Kier molecular flexibility index (Phi) is 9.94. The number of nitrogens with two attached hydrogens (primary N) is 1. The predicted octanol–water partition coefficient (Wildman–Crippen LogP) is 4.41. The summed E-state index contributed by atoms with van der Waals surface area (Å²) in [5, 5.41) is 0. The number of piperidine rings is 1. The molecule has 1 unspecified atom stereocenters. The van der Waals surface area contributed by atoms with E-state index in [4.69, 9.17) is 10.5 Å². The Hall–Kier alpha value is -3.09. The van der Waals surface area contributed by atoms with Crippen molar-refractivity contribution in [2.75, 3.05) is 24.5 Å². The van der Waals surface area contributed by atoms with Crippen molar-refractivity contribution in [2.45, 2.75) is 65.5 Å². The van der Waals surface area contributed by atoms with E-state index < -0.39 is 0 Å². The lowest BCUT2D eigenvalue weighted by Crippen LogP contribution is -2.47. The van der Waals surface area contributed by atoms with Gasteiger partial charge in [-0.15, -0.1) is 0 Å². The van der Waals surface area contributed by atoms with Gasteiger partial charge in [-0.3, -0.25) is 14.6 Å². The van der Waals surface area contributed by atoms with E-state index in [-0.39, 0.29) is 24.2 Å². The summed E-state index contributed by atoms with van der Waals surface area (Å²) in [6.07, 6.45) is 5.39. The molecule has 1 saturated heterocycles. The van der Waals surface area contributed by atoms with Gasteiger partial charge in [0.1, 0.15) is 12.4 Å². The normalized spacial score (nSPS) is 15.1. The van der Waals surface area contributed by atoms with Crippen LogP contribution in [0, 0.1) is 11.8 Å². The Bertz CT molecular complexity index is 925. The zero-order valence-electron chi connectivity index (χ0n) is 21.4. The lowest BCUT2D eigenvalue weighted by molar-refractivity contribution is -0.133. The zero-order valence-corrected chi connectivity index (χ0v) is 21.4. The van der Waals surface area contributed by atoms with Crippen LogP contribution in [0.1, 0.15) is 58.6 Å². The van der Waals surface area contributed by atoms with E-state index in [0.717, 1.165) is 50.3 Å². The Balaban J connectivity index is 1.58. The molecule has 3 rings (SSSR count). The molecule has 1 fully saturated rings. The third kappa shape index (κ3) is 8.57. The number of carbonyl (C=O) groups excluding carboxylic acids is 2. The Morgan fingerprint density at radius 2 is 1.80 bits per heavy atom. The van der Waals surface area contributed by atoms with Crippen LogP contribution >= 0.6 is 0 Å². The maximum Gasteiger partial charge on any atom is 0.222 e. The summed E-state index contributed by atoms with van der Waals surface area (Å²) in [5.74, 6) is 1.21. The van der Waals surface area contributed by atoms with E-state index in [2.05, 4.69) is 35.9 Å². The Morgan fingerprint density at radius 1 is 1.09 bits per heavy atom. The molecule has 0 spiro atoms. The fourth-order valence-electron chi connectivity index (χ4n) is 4.56. The molecular formula is C28H40N4O3. The summed E-state index contributed by atoms with van der Waals surface area (Å²) in [5.41, 5.74) is 7.37. The molecule has 190 valence electrons. The second kappa shape index (κ2) is 13.1. The van der Waals surface area contributed by atoms with Gasteiger partial charge in [-0.25, -0.2) is 0 Å². The number of nitrogens with zero attached hydrogens (tertiary/aromatic N) is 3. The molecule has 1 aromatic carbocycles. The number of hydrogen-bond acceptors (Lipinski definition) is 5. The summed E-state index contributed by atoms with van der Waals surface area (Å²) in [7, 11) is 0. The molecule has 35 heavy (non-hydrogen) atoms. The molecule has 2 amide bonds. The molecule has 1 atom stereocenters. The first-order valence-corrected chi connectivity index (χ1v) is 12.8. The summed E-state index contributed by atoms with van der Waals surface area (Å²) < 4.78 is 5.91. The van der Waals surface area contributed by atoms with Crippen LogP contribution in [0.3, 0.4) is 0 Å². The highest BCUT2D eigenvalue weighted by Crippen LogP contribution is 2.27. The van der Waals surface area contributed by atoms with Gasteiger partial charge in [0, 0.05) is 50.4 Å². The van der Waals surface area contributed by atoms with Gasteiger partial charge in [0.2, 0.25) is 11.8 Å². The highest BCUT2D eigenvalue weighted by atomic mass is 16.5. The maximum atomic E-state index is 12.7. The van der Waals surface area contributed by atoms with E-state index in [1.807, 2.05) is 42.2 Å². The molecule has 2 aromatic rings. The van der Waals surface area contributed by atoms with Crippen molar-refractivity contribution in [1.29, 1.82) is 0 Å². The number of hydrogen-bond donors (Lipinski definition) is 1. The van der Waals surface area contributed by atoms with Gasteiger partial charge in [-0.2, -0.15) is 0 Å². The number of pyridine rings is 1. The third-order valence-electron chi connectivity index (χ3n) is 6.56. The molecule has 0 saturated carbocycles. The highest BCUT2D eigenvalue weighted by Gasteiger charge is 2.28. The van der Waals surface area contributed by atoms with Crippen molar-refractivity contribution in [1.82, 2.24) is 9.88 Å². The number of amides is 2. The quantitative estimate of drug-likeness (QED) is 0.486. The molecular weight excluding hydrogens is 440 g/mol. The first-order valence-electron chi connectivity index (χ1n) is 12.8. The molecule has 0 aliphatic carbocycles. The molecule has 1 aliphatic heterocycles. The summed E-state index contributed by atoms with van der Waals surface area (Å²) in [4.78, 5) is 32.6. The number of aromatic nitrogens is 1. The smallest absolute Gasteiger partial charge is 0.222 e. The van der Waals surface area contributed by atoms with Gasteiger partial charge in [0.25, 0.3) is 0 Å². The van der Waals surface area contributed by atoms with Gasteiger partial charge in [0.05, 0.1) is 5.69 Å². The van der Waals surface area contributed by atoms with Crippen molar-refractivity contribution in [2.24, 2.45) is 17.6 Å². The lowest BCUT2D eigenvalue weighted by Gasteiger charge is -2.40. The third-order valence-corrected chi connectivity index (χ3v) is 6.56. The summed E-state index contributed by atoms with van der Waals surface area (Å²) in [6, 6.07) is 14.5. The van der Waals surface area contributed by atoms with Crippen molar-refractivity contribution in [3.8, 4) is 5.75 Å². The number of likely N-dealkylation sites (tertiary alicyclic amines) is 1. The van der Waals surface area contributed by atoms with Crippen molar-refractivity contribution >= 4 is 17.5 Å². The van der Waals surface area contributed by atoms with E-state index in [0.29, 0.717) is 25.0 Å². The minimum atomic E-state index is -0.349. The number of ether oxygens (including phenoxy) is 1. The molecule has 0 bridgehead atoms. The molecule has 2 N–H and O–H groups in total. The molecule has 1 aromatic heterocycles. The van der Waals surface area contributed by atoms with Crippen molar-refractivity contribution < 1.29 is 14.3 Å². The molecule has 0 radical (unpaired) electrons. The SMILES string of the molecule is CC(C)CCN(c1ccc(OCc2ccccn2)cc1)C1CCN(C(=O)CC(C)CC(N)=O)CC1. The van der Waals surface area contributed by atoms with Crippen LogP contribution in [0.2, 0.25) is 0 Å². The minimum absolute atomic E-state index is 0.0151. The maximum absolute atomic E-state index is 12.7. The molecule has 2 heterocycles. The van der Waals surface area contributed by atoms with Gasteiger partial charge >= 0.3 is 0 Å². The van der Waals surface area contributed by atoms with Gasteiger partial charge in [-0.1, -0.05) is 26.8 Å². The largest absolute Gasteiger partial charge is 0.487 e. The summed E-state index contributed by atoms with van der Waals surface area (Å²) >= 11 is 0. The van der Waals surface area contributed by atoms with Gasteiger partial charge in [-0.05, 0) is 67.5 Å². The predicted molar refractivity (Wildman–Crippen MR) is 139 cm³/mol. The number of benzene rings is 1. The van der Waals surface area contributed by atoms with E-state index in [1.165, 1.54) is 5.69 Å². The topological polar surface area (TPSA) is 88.8 Å². The van der Waals surface area contributed by atoms with E-state index >= 15 is 0 Å². The van der Waals surface area contributed by atoms with Gasteiger partial charge in [0.15, 0.2) is 0 Å². The van der Waals surface area contributed by atoms with Crippen LogP contribution in [0.5, 0.6) is 5.75 Å². The minimum Gasteiger partial charge on any atom is -0.487 e. The lowest BCUT2D eigenvalue weighted by atomic mass is 9.98. The summed E-state index contributed by atoms with van der Waals surface area (Å²) in [6.45, 7) is 9.34. The highest BCUT2D eigenvalue weighted by molar-refractivity contribution is 5.78. The second-order valence-electron chi connectivity index (χ2n) is 10.1. The number of rotatable bonds is 12. The van der Waals surface area contributed by atoms with Crippen molar-refractivity contribution in [3.63, 3.8) is 0 Å². The standard InChI is InChI=1S/C28H40N4O3/c1-21(2)11-17-32(24-7-9-26(10-8-24)35-20-23-6-4-5-14-30-23)25-12-15-31(16-13-25)28(34)19-22(3)18-27(29)33/h4-10,14,21-22,25H,11-13,15-20H2,1-3H3,(H2,29,33). The number of primary amides is 1. The average Bonchev–Trinajstić information content (AvgIpc) is 2.84. The molecule has 1 aliphatic rings. The first kappa shape index (κ1) is 26.5. The number of carbonyl (C=O) groups is 2. The molecule has 7 heteroatoms. The van der Waals surface area contributed by atoms with Crippen LogP contribution < -0.4 is 15.4 Å². The fourth-order valence-corrected chi connectivity index (χ4v) is 4.56. The van der Waals surface area contributed by atoms with Crippen LogP contribution in [0.25, 0.3) is 0 Å². The second-order valence-corrected chi connectivity index (χ2v) is 10.1. The van der Waals surface area contributed by atoms with Crippen molar-refractivity contribution in [3.05, 3.63) is 54.4 Å². The number of anilines is 1. The van der Waals surface area contributed by atoms with E-state index in [9.17, 15) is 9.59 Å². The zero-order chi connectivity index (χ0) is 25.2. The van der Waals surface area contributed by atoms with Crippen LogP contribution in [-0.4, -0.2) is 47.4 Å². The fraction of sp³-hybridized carbons (Fsp3) is 0.536. The monoisotopic (exact) mass is 480 g/mol. The Labute approximate surface area is 209 Å². The first-order chi connectivity index (χ1) is 16.8. The van der Waals surface area contributed by atoms with Gasteiger partial charge < -0.3 is 20.3 Å².